The van der Waals surface area contributed by atoms with Crippen molar-refractivity contribution in [3.8, 4) is 5.75 Å². The maximum atomic E-state index is 13.5. The maximum absolute atomic E-state index is 13.5. The van der Waals surface area contributed by atoms with E-state index in [1.54, 1.807) is 35.2 Å². The van der Waals surface area contributed by atoms with E-state index in [4.69, 9.17) is 4.74 Å². The first-order valence-electron chi connectivity index (χ1n) is 14.5. The highest BCUT2D eigenvalue weighted by Crippen LogP contribution is 2.34. The Hall–Kier alpha value is -4.63. The van der Waals surface area contributed by atoms with Crippen LogP contribution in [0, 0.1) is 0 Å². The zero-order chi connectivity index (χ0) is 29.8. The predicted octanol–water partition coefficient (Wildman–Crippen LogP) is 4.87. The van der Waals surface area contributed by atoms with Crippen molar-refractivity contribution in [3.63, 3.8) is 0 Å². The number of carbonyl (C=O) groups excluding carboxylic acids is 2. The molecular weight excluding hydrogens is 562 g/mol. The summed E-state index contributed by atoms with van der Waals surface area (Å²) in [6.45, 7) is 0.915. The van der Waals surface area contributed by atoms with E-state index >= 15 is 0 Å². The zero-order valence-corrected chi connectivity index (χ0v) is 24.5. The van der Waals surface area contributed by atoms with Crippen LogP contribution in [-0.4, -0.2) is 39.4 Å². The topological polar surface area (TPSA) is 96.0 Å². The Morgan fingerprint density at radius 1 is 0.814 bits per heavy atom. The lowest BCUT2D eigenvalue weighted by atomic mass is 10.0. The molecule has 1 atom stereocenters. The van der Waals surface area contributed by atoms with Gasteiger partial charge in [-0.05, 0) is 66.3 Å². The van der Waals surface area contributed by atoms with Gasteiger partial charge in [0, 0.05) is 19.5 Å². The van der Waals surface area contributed by atoms with Crippen molar-refractivity contribution >= 4 is 33.2 Å². The number of hydrogen-bond acceptors (Lipinski definition) is 5. The van der Waals surface area contributed by atoms with Crippen molar-refractivity contribution < 1.29 is 22.7 Å². The molecule has 0 aliphatic carbocycles. The Morgan fingerprint density at radius 2 is 1.51 bits per heavy atom. The molecule has 2 amide bonds. The molecule has 43 heavy (non-hydrogen) atoms. The molecule has 9 heteroatoms. The van der Waals surface area contributed by atoms with Gasteiger partial charge in [-0.25, -0.2) is 8.42 Å². The summed E-state index contributed by atoms with van der Waals surface area (Å²) in [6, 6.07) is 31.2. The molecule has 0 fully saturated rings. The van der Waals surface area contributed by atoms with Crippen LogP contribution in [0.4, 0.5) is 11.4 Å². The second-order valence-electron chi connectivity index (χ2n) is 10.7. The Kier molecular flexibility index (Phi) is 8.16. The minimum atomic E-state index is -3.70. The van der Waals surface area contributed by atoms with Gasteiger partial charge in [0.25, 0.3) is 15.9 Å². The molecule has 8 nitrogen and oxygen atoms in total. The van der Waals surface area contributed by atoms with E-state index in [9.17, 15) is 18.0 Å². The lowest BCUT2D eigenvalue weighted by Crippen LogP contribution is -2.50. The Balaban J connectivity index is 1.11. The van der Waals surface area contributed by atoms with Crippen LogP contribution >= 0.6 is 0 Å². The smallest absolute Gasteiger partial charge is 0.264 e. The summed E-state index contributed by atoms with van der Waals surface area (Å²) in [6.07, 6.45) is 1.42. The van der Waals surface area contributed by atoms with Crippen LogP contribution in [0.1, 0.15) is 29.5 Å². The number of rotatable bonds is 8. The minimum Gasteiger partial charge on any atom is -0.477 e. The molecule has 0 unspecified atom stereocenters. The lowest BCUT2D eigenvalue weighted by Gasteiger charge is -2.34. The van der Waals surface area contributed by atoms with E-state index in [1.807, 2.05) is 72.8 Å². The number of nitrogens with one attached hydrogen (secondary N) is 1. The molecule has 0 saturated carbocycles. The van der Waals surface area contributed by atoms with Gasteiger partial charge >= 0.3 is 0 Å². The van der Waals surface area contributed by atoms with Crippen molar-refractivity contribution in [1.29, 1.82) is 0 Å². The SMILES string of the molecule is O=C(NCc1ccccc1)[C@H]1CN(C(=O)CCc2ccc(S(=O)(=O)N3CCCc4ccccc43)cc2)c2ccccc2O1. The highest BCUT2D eigenvalue weighted by atomic mass is 32.2. The number of fused-ring (bicyclic) bond motifs is 2. The molecule has 6 rings (SSSR count). The largest absolute Gasteiger partial charge is 0.477 e. The number of benzene rings is 4. The van der Waals surface area contributed by atoms with Crippen LogP contribution in [0.15, 0.2) is 108 Å². The second kappa shape index (κ2) is 12.3. The number of anilines is 2. The van der Waals surface area contributed by atoms with Crippen LogP contribution in [0.25, 0.3) is 0 Å². The zero-order valence-electron chi connectivity index (χ0n) is 23.7. The highest BCUT2D eigenvalue weighted by molar-refractivity contribution is 7.92. The number of amides is 2. The van der Waals surface area contributed by atoms with E-state index in [0.717, 1.165) is 35.2 Å². The summed E-state index contributed by atoms with van der Waals surface area (Å²) in [4.78, 5) is 28.3. The standard InChI is InChI=1S/C34H33N3O5S/c38-33(36-24-32(42-31-15-7-6-14-30(31)36)34(39)35-23-26-9-2-1-3-10-26)21-18-25-16-19-28(20-17-25)43(40,41)37-22-8-12-27-11-4-5-13-29(27)37/h1-7,9-11,13-17,19-20,32H,8,12,18,21-24H2,(H,35,39)/t32-/m1/s1. The third kappa shape index (κ3) is 6.12. The third-order valence-electron chi connectivity index (χ3n) is 7.88. The van der Waals surface area contributed by atoms with Gasteiger partial charge in [0.15, 0.2) is 6.10 Å². The van der Waals surface area contributed by atoms with Gasteiger partial charge in [-0.3, -0.25) is 13.9 Å². The summed E-state index contributed by atoms with van der Waals surface area (Å²) in [5.41, 5.74) is 4.22. The van der Waals surface area contributed by atoms with Gasteiger partial charge in [-0.15, -0.1) is 0 Å². The van der Waals surface area contributed by atoms with Gasteiger partial charge in [-0.2, -0.15) is 0 Å². The molecule has 2 aliphatic heterocycles. The van der Waals surface area contributed by atoms with Crippen molar-refractivity contribution in [3.05, 3.63) is 120 Å². The number of para-hydroxylation sites is 3. The summed E-state index contributed by atoms with van der Waals surface area (Å²) < 4.78 is 34.4. The molecule has 0 aromatic heterocycles. The number of carbonyl (C=O) groups is 2. The predicted molar refractivity (Wildman–Crippen MR) is 166 cm³/mol. The highest BCUT2D eigenvalue weighted by Gasteiger charge is 2.34. The molecule has 0 bridgehead atoms. The van der Waals surface area contributed by atoms with Crippen LogP contribution in [0.2, 0.25) is 0 Å². The van der Waals surface area contributed by atoms with Gasteiger partial charge in [0.1, 0.15) is 5.75 Å². The van der Waals surface area contributed by atoms with Gasteiger partial charge in [0.05, 0.1) is 22.8 Å². The van der Waals surface area contributed by atoms with E-state index < -0.39 is 16.1 Å². The van der Waals surface area contributed by atoms with Crippen molar-refractivity contribution in [2.45, 2.75) is 43.2 Å². The Labute approximate surface area is 252 Å². The first kappa shape index (κ1) is 28.5. The minimum absolute atomic E-state index is 0.102. The monoisotopic (exact) mass is 595 g/mol. The summed E-state index contributed by atoms with van der Waals surface area (Å²) in [5.74, 6) is 0.0540. The van der Waals surface area contributed by atoms with Crippen LogP contribution in [0.5, 0.6) is 5.75 Å². The maximum Gasteiger partial charge on any atom is 0.264 e. The molecule has 2 aliphatic rings. The molecule has 0 radical (unpaired) electrons. The Bertz CT molecular complexity index is 1720. The number of aryl methyl sites for hydroxylation is 2. The summed E-state index contributed by atoms with van der Waals surface area (Å²) >= 11 is 0. The molecule has 4 aromatic rings. The molecule has 2 heterocycles. The number of sulfonamides is 1. The Morgan fingerprint density at radius 3 is 2.30 bits per heavy atom. The first-order valence-corrected chi connectivity index (χ1v) is 15.9. The second-order valence-corrected chi connectivity index (χ2v) is 12.6. The van der Waals surface area contributed by atoms with Crippen molar-refractivity contribution in [2.24, 2.45) is 0 Å². The molecular formula is C34H33N3O5S. The van der Waals surface area contributed by atoms with Gasteiger partial charge in [0.2, 0.25) is 5.91 Å². The van der Waals surface area contributed by atoms with Gasteiger partial charge in [-0.1, -0.05) is 72.8 Å². The number of nitrogens with zero attached hydrogens (tertiary/aromatic N) is 2. The lowest BCUT2D eigenvalue weighted by molar-refractivity contribution is -0.128. The summed E-state index contributed by atoms with van der Waals surface area (Å²) in [5, 5.41) is 2.91. The average Bonchev–Trinajstić information content (AvgIpc) is 3.06. The van der Waals surface area contributed by atoms with E-state index in [0.29, 0.717) is 30.9 Å². The fourth-order valence-corrected chi connectivity index (χ4v) is 7.14. The van der Waals surface area contributed by atoms with Crippen LogP contribution < -0.4 is 19.3 Å². The molecule has 220 valence electrons. The number of hydrogen-bond donors (Lipinski definition) is 1. The van der Waals surface area contributed by atoms with E-state index in [2.05, 4.69) is 5.32 Å². The molecule has 1 N–H and O–H groups in total. The fourth-order valence-electron chi connectivity index (χ4n) is 5.60. The van der Waals surface area contributed by atoms with Crippen LogP contribution in [0.3, 0.4) is 0 Å². The quantitative estimate of drug-likeness (QED) is 0.314. The number of ether oxygens (including phenoxy) is 1. The van der Waals surface area contributed by atoms with Gasteiger partial charge < -0.3 is 15.0 Å². The first-order chi connectivity index (χ1) is 20.9. The van der Waals surface area contributed by atoms with Crippen molar-refractivity contribution in [2.75, 3.05) is 22.3 Å². The van der Waals surface area contributed by atoms with Crippen molar-refractivity contribution in [1.82, 2.24) is 5.32 Å². The molecule has 4 aromatic carbocycles. The molecule has 0 saturated heterocycles. The van der Waals surface area contributed by atoms with E-state index in [1.165, 1.54) is 4.31 Å². The normalized spacial score (nSPS) is 16.0. The molecule has 0 spiro atoms. The average molecular weight is 596 g/mol. The third-order valence-corrected chi connectivity index (χ3v) is 9.71. The fraction of sp³-hybridized carbons (Fsp3) is 0.235. The van der Waals surface area contributed by atoms with Crippen LogP contribution in [-0.2, 0) is 39.0 Å². The summed E-state index contributed by atoms with van der Waals surface area (Å²) in [7, 11) is -3.70. The van der Waals surface area contributed by atoms with E-state index in [-0.39, 0.29) is 29.7 Å².